The third kappa shape index (κ3) is 6.43. The fourth-order valence-electron chi connectivity index (χ4n) is 2.35. The number of nitrogens with zero attached hydrogens (tertiary/aromatic N) is 5. The largest absolute Gasteiger partial charge is 0.490 e. The molecule has 2 N–H and O–H groups in total. The first-order chi connectivity index (χ1) is 14.7. The van der Waals surface area contributed by atoms with Crippen molar-refractivity contribution < 1.29 is 14.2 Å². The smallest absolute Gasteiger partial charge is 0.330 e. The lowest BCUT2D eigenvalue weighted by Gasteiger charge is -2.09. The molecule has 0 radical (unpaired) electrons. The van der Waals surface area contributed by atoms with Gasteiger partial charge in [0.05, 0.1) is 0 Å². The number of hydrogen-bond donors (Lipinski definition) is 2. The number of nitrogens with one attached hydrogen (secondary N) is 2. The van der Waals surface area contributed by atoms with Crippen molar-refractivity contribution in [3.63, 3.8) is 0 Å². The molecule has 1 aromatic carbocycles. The standard InChI is InChI=1S/C20H25N7O3/c1-4-21-18-23-19(22-5-2)25-20(24-18)30-17-11-10-16(26-27-17)29-13-12-28-15-8-6-14(3)7-9-15/h6-11H,4-5,12-13H2,1-3H3,(H2,21,22,23,24,25). The second-order valence-electron chi connectivity index (χ2n) is 6.15. The quantitative estimate of drug-likeness (QED) is 0.456. The molecule has 158 valence electrons. The number of ether oxygens (including phenoxy) is 3. The molecule has 0 aliphatic carbocycles. The van der Waals surface area contributed by atoms with E-state index >= 15 is 0 Å². The lowest BCUT2D eigenvalue weighted by molar-refractivity contribution is 0.210. The molecule has 0 saturated heterocycles. The van der Waals surface area contributed by atoms with Crippen LogP contribution in [0.4, 0.5) is 11.9 Å². The fraction of sp³-hybridized carbons (Fsp3) is 0.350. The van der Waals surface area contributed by atoms with Gasteiger partial charge < -0.3 is 24.8 Å². The van der Waals surface area contributed by atoms with Gasteiger partial charge in [0.25, 0.3) is 0 Å². The van der Waals surface area contributed by atoms with Gasteiger partial charge in [-0.2, -0.15) is 15.0 Å². The molecular formula is C20H25N7O3. The Morgan fingerprint density at radius 2 is 1.33 bits per heavy atom. The van der Waals surface area contributed by atoms with Crippen LogP contribution in [0.1, 0.15) is 19.4 Å². The lowest BCUT2D eigenvalue weighted by atomic mass is 10.2. The molecule has 0 aliphatic rings. The van der Waals surface area contributed by atoms with Gasteiger partial charge in [-0.15, -0.1) is 10.2 Å². The normalized spacial score (nSPS) is 10.4. The van der Waals surface area contributed by atoms with Crippen molar-refractivity contribution in [1.82, 2.24) is 25.1 Å². The molecule has 10 heteroatoms. The van der Waals surface area contributed by atoms with Gasteiger partial charge in [0.1, 0.15) is 19.0 Å². The summed E-state index contributed by atoms with van der Waals surface area (Å²) >= 11 is 0. The maximum absolute atomic E-state index is 5.62. The number of hydrogen-bond acceptors (Lipinski definition) is 10. The van der Waals surface area contributed by atoms with Gasteiger partial charge in [0.15, 0.2) is 0 Å². The number of rotatable bonds is 11. The van der Waals surface area contributed by atoms with Crippen LogP contribution < -0.4 is 24.8 Å². The average Bonchev–Trinajstić information content (AvgIpc) is 2.74. The first kappa shape index (κ1) is 21.0. The Bertz CT molecular complexity index is 896. The van der Waals surface area contributed by atoms with Gasteiger partial charge in [0, 0.05) is 25.2 Å². The fourth-order valence-corrected chi connectivity index (χ4v) is 2.35. The highest BCUT2D eigenvalue weighted by Crippen LogP contribution is 2.19. The van der Waals surface area contributed by atoms with Gasteiger partial charge in [-0.3, -0.25) is 0 Å². The highest BCUT2D eigenvalue weighted by Gasteiger charge is 2.09. The Morgan fingerprint density at radius 1 is 0.733 bits per heavy atom. The lowest BCUT2D eigenvalue weighted by Crippen LogP contribution is -2.10. The zero-order valence-corrected chi connectivity index (χ0v) is 17.3. The summed E-state index contributed by atoms with van der Waals surface area (Å²) < 4.78 is 16.8. The third-order valence-electron chi connectivity index (χ3n) is 3.72. The summed E-state index contributed by atoms with van der Waals surface area (Å²) in [5, 5.41) is 14.1. The minimum absolute atomic E-state index is 0.117. The van der Waals surface area contributed by atoms with Crippen LogP contribution in [-0.2, 0) is 0 Å². The molecule has 0 saturated carbocycles. The van der Waals surface area contributed by atoms with Gasteiger partial charge in [-0.1, -0.05) is 17.7 Å². The molecule has 0 spiro atoms. The summed E-state index contributed by atoms with van der Waals surface area (Å²) in [6.07, 6.45) is 0. The number of anilines is 2. The molecule has 0 unspecified atom stereocenters. The van der Waals surface area contributed by atoms with E-state index in [2.05, 4.69) is 35.8 Å². The van der Waals surface area contributed by atoms with Crippen molar-refractivity contribution in [3.05, 3.63) is 42.0 Å². The third-order valence-corrected chi connectivity index (χ3v) is 3.72. The Balaban J connectivity index is 1.52. The average molecular weight is 411 g/mol. The molecule has 3 aromatic rings. The van der Waals surface area contributed by atoms with Gasteiger partial charge in [-0.05, 0) is 32.9 Å². The zero-order valence-electron chi connectivity index (χ0n) is 17.3. The Labute approximate surface area is 175 Å². The molecule has 3 rings (SSSR count). The topological polar surface area (TPSA) is 116 Å². The molecule has 2 aromatic heterocycles. The van der Waals surface area contributed by atoms with Crippen molar-refractivity contribution in [2.75, 3.05) is 36.9 Å². The molecule has 0 bridgehead atoms. The molecule has 0 atom stereocenters. The van der Waals surface area contributed by atoms with E-state index in [9.17, 15) is 0 Å². The van der Waals surface area contributed by atoms with E-state index in [0.717, 1.165) is 5.75 Å². The highest BCUT2D eigenvalue weighted by atomic mass is 16.5. The predicted octanol–water partition coefficient (Wildman–Crippen LogP) is 3.08. The van der Waals surface area contributed by atoms with E-state index in [1.165, 1.54) is 5.56 Å². The van der Waals surface area contributed by atoms with Crippen LogP contribution in [0.15, 0.2) is 36.4 Å². The summed E-state index contributed by atoms with van der Waals surface area (Å²) in [5.41, 5.74) is 1.18. The Kier molecular flexibility index (Phi) is 7.53. The van der Waals surface area contributed by atoms with Crippen LogP contribution in [0.3, 0.4) is 0 Å². The van der Waals surface area contributed by atoms with Crippen LogP contribution in [0.5, 0.6) is 23.5 Å². The van der Waals surface area contributed by atoms with E-state index in [-0.39, 0.29) is 11.9 Å². The minimum Gasteiger partial charge on any atom is -0.490 e. The van der Waals surface area contributed by atoms with E-state index < -0.39 is 0 Å². The summed E-state index contributed by atoms with van der Waals surface area (Å²) in [6, 6.07) is 11.2. The van der Waals surface area contributed by atoms with Crippen molar-refractivity contribution in [3.8, 4) is 23.5 Å². The van der Waals surface area contributed by atoms with Crippen LogP contribution in [0.2, 0.25) is 0 Å². The van der Waals surface area contributed by atoms with E-state index in [1.54, 1.807) is 12.1 Å². The molecule has 30 heavy (non-hydrogen) atoms. The summed E-state index contributed by atoms with van der Waals surface area (Å²) in [7, 11) is 0. The number of aryl methyl sites for hydroxylation is 1. The first-order valence-corrected chi connectivity index (χ1v) is 9.74. The molecule has 10 nitrogen and oxygen atoms in total. The molecule has 0 aliphatic heterocycles. The van der Waals surface area contributed by atoms with Crippen molar-refractivity contribution in [2.24, 2.45) is 0 Å². The molecule has 0 fully saturated rings. The van der Waals surface area contributed by atoms with Gasteiger partial charge >= 0.3 is 6.01 Å². The zero-order chi connectivity index (χ0) is 21.2. The van der Waals surface area contributed by atoms with Crippen LogP contribution in [0, 0.1) is 6.92 Å². The monoisotopic (exact) mass is 411 g/mol. The molecule has 2 heterocycles. The van der Waals surface area contributed by atoms with Crippen molar-refractivity contribution in [1.29, 1.82) is 0 Å². The molecular weight excluding hydrogens is 386 g/mol. The maximum Gasteiger partial charge on any atom is 0.330 e. The van der Waals surface area contributed by atoms with Gasteiger partial charge in [0.2, 0.25) is 23.7 Å². The van der Waals surface area contributed by atoms with Gasteiger partial charge in [-0.25, -0.2) is 0 Å². The minimum atomic E-state index is 0.117. The first-order valence-electron chi connectivity index (χ1n) is 9.74. The summed E-state index contributed by atoms with van der Waals surface area (Å²) in [5.74, 6) is 2.24. The Hall–Kier alpha value is -3.69. The number of benzene rings is 1. The second kappa shape index (κ2) is 10.7. The van der Waals surface area contributed by atoms with E-state index in [0.29, 0.717) is 44.1 Å². The van der Waals surface area contributed by atoms with Crippen LogP contribution in [0.25, 0.3) is 0 Å². The van der Waals surface area contributed by atoms with E-state index in [1.807, 2.05) is 45.0 Å². The number of aromatic nitrogens is 5. The SMILES string of the molecule is CCNc1nc(NCC)nc(Oc2ccc(OCCOc3ccc(C)cc3)nn2)n1. The second-order valence-corrected chi connectivity index (χ2v) is 6.15. The Morgan fingerprint density at radius 3 is 1.93 bits per heavy atom. The summed E-state index contributed by atoms with van der Waals surface area (Å²) in [6.45, 7) is 8.02. The van der Waals surface area contributed by atoms with Crippen LogP contribution >= 0.6 is 0 Å². The van der Waals surface area contributed by atoms with Crippen molar-refractivity contribution in [2.45, 2.75) is 20.8 Å². The highest BCUT2D eigenvalue weighted by molar-refractivity contribution is 5.36. The van der Waals surface area contributed by atoms with Crippen LogP contribution in [-0.4, -0.2) is 51.5 Å². The molecule has 0 amide bonds. The van der Waals surface area contributed by atoms with Crippen molar-refractivity contribution >= 4 is 11.9 Å². The maximum atomic E-state index is 5.62. The predicted molar refractivity (Wildman–Crippen MR) is 112 cm³/mol. The summed E-state index contributed by atoms with van der Waals surface area (Å²) in [4.78, 5) is 12.7. The van der Waals surface area contributed by atoms with E-state index in [4.69, 9.17) is 14.2 Å².